The van der Waals surface area contributed by atoms with Crippen LogP contribution in [0.3, 0.4) is 0 Å². The van der Waals surface area contributed by atoms with E-state index in [0.29, 0.717) is 15.7 Å². The van der Waals surface area contributed by atoms with Gasteiger partial charge < -0.3 is 10.3 Å². The Bertz CT molecular complexity index is 646. The average molecular weight is 276 g/mol. The predicted octanol–water partition coefficient (Wildman–Crippen LogP) is 2.13. The molecule has 2 aromatic heterocycles. The third kappa shape index (κ3) is 2.96. The zero-order valence-corrected chi connectivity index (χ0v) is 11.9. The van der Waals surface area contributed by atoms with Gasteiger partial charge in [-0.3, -0.25) is 4.79 Å². The standard InChI is InChI=1S/C13H16N4OS/c1-13(2,3)17-8-7-16-11(12(17)18)19-10-9(14)5-4-6-15-10/h4-8H,14H2,1-3H3. The van der Waals surface area contributed by atoms with Crippen molar-refractivity contribution in [1.29, 1.82) is 0 Å². The second kappa shape index (κ2) is 5.05. The Balaban J connectivity index is 2.43. The van der Waals surface area contributed by atoms with E-state index in [2.05, 4.69) is 9.97 Å². The lowest BCUT2D eigenvalue weighted by atomic mass is 10.1. The first-order chi connectivity index (χ1) is 8.89. The van der Waals surface area contributed by atoms with Gasteiger partial charge in [0.2, 0.25) is 0 Å². The molecule has 0 aliphatic heterocycles. The first-order valence-electron chi connectivity index (χ1n) is 5.86. The Hall–Kier alpha value is -1.82. The van der Waals surface area contributed by atoms with Gasteiger partial charge in [-0.15, -0.1) is 0 Å². The van der Waals surface area contributed by atoms with E-state index in [0.717, 1.165) is 0 Å². The van der Waals surface area contributed by atoms with Crippen molar-refractivity contribution >= 4 is 17.4 Å². The molecule has 6 heteroatoms. The van der Waals surface area contributed by atoms with Gasteiger partial charge in [0.15, 0.2) is 5.03 Å². The summed E-state index contributed by atoms with van der Waals surface area (Å²) in [6.07, 6.45) is 4.95. The van der Waals surface area contributed by atoms with E-state index in [1.165, 1.54) is 11.8 Å². The summed E-state index contributed by atoms with van der Waals surface area (Å²) in [6, 6.07) is 3.51. The summed E-state index contributed by atoms with van der Waals surface area (Å²) < 4.78 is 1.65. The molecule has 2 rings (SSSR count). The number of pyridine rings is 1. The van der Waals surface area contributed by atoms with E-state index in [1.54, 1.807) is 35.3 Å². The minimum Gasteiger partial charge on any atom is -0.397 e. The SMILES string of the molecule is CC(C)(C)n1ccnc(Sc2ncccc2N)c1=O. The van der Waals surface area contributed by atoms with Gasteiger partial charge in [0, 0.05) is 24.1 Å². The molecule has 0 spiro atoms. The summed E-state index contributed by atoms with van der Waals surface area (Å²) in [5.41, 5.74) is 5.94. The van der Waals surface area contributed by atoms with Gasteiger partial charge in [-0.25, -0.2) is 9.97 Å². The Morgan fingerprint density at radius 2 is 1.89 bits per heavy atom. The van der Waals surface area contributed by atoms with Crippen LogP contribution in [0.1, 0.15) is 20.8 Å². The molecule has 0 amide bonds. The molecular formula is C13H16N4OS. The van der Waals surface area contributed by atoms with Gasteiger partial charge in [0.25, 0.3) is 5.56 Å². The van der Waals surface area contributed by atoms with Crippen LogP contribution in [0.4, 0.5) is 5.69 Å². The second-order valence-corrected chi connectivity index (χ2v) is 6.06. The molecule has 0 aliphatic rings. The van der Waals surface area contributed by atoms with E-state index >= 15 is 0 Å². The Labute approximate surface area is 115 Å². The molecule has 0 atom stereocenters. The van der Waals surface area contributed by atoms with Crippen molar-refractivity contribution in [2.45, 2.75) is 36.4 Å². The molecule has 5 nitrogen and oxygen atoms in total. The lowest BCUT2D eigenvalue weighted by Crippen LogP contribution is -2.34. The van der Waals surface area contributed by atoms with Crippen LogP contribution >= 0.6 is 11.8 Å². The summed E-state index contributed by atoms with van der Waals surface area (Å²) in [7, 11) is 0. The van der Waals surface area contributed by atoms with Gasteiger partial charge in [-0.1, -0.05) is 0 Å². The smallest absolute Gasteiger partial charge is 0.283 e. The third-order valence-corrected chi connectivity index (χ3v) is 3.53. The van der Waals surface area contributed by atoms with Gasteiger partial charge >= 0.3 is 0 Å². The molecule has 0 aliphatic carbocycles. The molecule has 2 heterocycles. The second-order valence-electron chi connectivity index (χ2n) is 5.08. The van der Waals surface area contributed by atoms with Crippen molar-refractivity contribution in [3.05, 3.63) is 41.1 Å². The topological polar surface area (TPSA) is 73.8 Å². The molecule has 2 aromatic rings. The van der Waals surface area contributed by atoms with Gasteiger partial charge in [0.05, 0.1) is 5.69 Å². The maximum absolute atomic E-state index is 12.3. The minimum absolute atomic E-state index is 0.134. The Morgan fingerprint density at radius 1 is 1.21 bits per heavy atom. The van der Waals surface area contributed by atoms with E-state index < -0.39 is 0 Å². The number of nitrogen functional groups attached to an aromatic ring is 1. The van der Waals surface area contributed by atoms with Crippen LogP contribution in [0.2, 0.25) is 0 Å². The number of nitrogens with two attached hydrogens (primary N) is 1. The molecule has 2 N–H and O–H groups in total. The van der Waals surface area contributed by atoms with Crippen LogP contribution < -0.4 is 11.3 Å². The monoisotopic (exact) mass is 276 g/mol. The Morgan fingerprint density at radius 3 is 2.53 bits per heavy atom. The molecule has 19 heavy (non-hydrogen) atoms. The predicted molar refractivity (Wildman–Crippen MR) is 76.3 cm³/mol. The summed E-state index contributed by atoms with van der Waals surface area (Å²) in [4.78, 5) is 20.6. The van der Waals surface area contributed by atoms with Crippen LogP contribution in [0.5, 0.6) is 0 Å². The molecule has 0 radical (unpaired) electrons. The van der Waals surface area contributed by atoms with Crippen molar-refractivity contribution in [3.8, 4) is 0 Å². The molecule has 0 aromatic carbocycles. The van der Waals surface area contributed by atoms with E-state index in [9.17, 15) is 4.79 Å². The summed E-state index contributed by atoms with van der Waals surface area (Å²) in [6.45, 7) is 5.91. The number of anilines is 1. The fourth-order valence-electron chi connectivity index (χ4n) is 1.57. The number of aromatic nitrogens is 3. The normalized spacial score (nSPS) is 11.5. The minimum atomic E-state index is -0.287. The molecular weight excluding hydrogens is 260 g/mol. The number of hydrogen-bond donors (Lipinski definition) is 1. The largest absolute Gasteiger partial charge is 0.397 e. The first-order valence-corrected chi connectivity index (χ1v) is 6.68. The molecule has 0 bridgehead atoms. The zero-order valence-electron chi connectivity index (χ0n) is 11.1. The van der Waals surface area contributed by atoms with Crippen LogP contribution in [-0.4, -0.2) is 14.5 Å². The highest BCUT2D eigenvalue weighted by molar-refractivity contribution is 7.99. The fourth-order valence-corrected chi connectivity index (χ4v) is 2.35. The van der Waals surface area contributed by atoms with Crippen LogP contribution in [-0.2, 0) is 5.54 Å². The maximum atomic E-state index is 12.3. The molecule has 0 saturated heterocycles. The fraction of sp³-hybridized carbons (Fsp3) is 0.308. The molecule has 0 saturated carbocycles. The van der Waals surface area contributed by atoms with Crippen molar-refractivity contribution in [1.82, 2.24) is 14.5 Å². The highest BCUT2D eigenvalue weighted by Gasteiger charge is 2.17. The van der Waals surface area contributed by atoms with Crippen molar-refractivity contribution in [2.24, 2.45) is 0 Å². The van der Waals surface area contributed by atoms with Gasteiger partial charge in [0.1, 0.15) is 5.03 Å². The lowest BCUT2D eigenvalue weighted by Gasteiger charge is -2.22. The average Bonchev–Trinajstić information content (AvgIpc) is 2.33. The highest BCUT2D eigenvalue weighted by atomic mass is 32.2. The van der Waals surface area contributed by atoms with Crippen molar-refractivity contribution in [2.75, 3.05) is 5.73 Å². The van der Waals surface area contributed by atoms with E-state index in [4.69, 9.17) is 5.73 Å². The summed E-state index contributed by atoms with van der Waals surface area (Å²) in [5.74, 6) is 0. The maximum Gasteiger partial charge on any atom is 0.283 e. The van der Waals surface area contributed by atoms with Crippen LogP contribution in [0.15, 0.2) is 45.6 Å². The van der Waals surface area contributed by atoms with Crippen LogP contribution in [0.25, 0.3) is 0 Å². The van der Waals surface area contributed by atoms with Crippen LogP contribution in [0, 0.1) is 0 Å². The van der Waals surface area contributed by atoms with E-state index in [-0.39, 0.29) is 11.1 Å². The lowest BCUT2D eigenvalue weighted by molar-refractivity contribution is 0.377. The first kappa shape index (κ1) is 13.6. The Kier molecular flexibility index (Phi) is 3.61. The highest BCUT2D eigenvalue weighted by Crippen LogP contribution is 2.26. The van der Waals surface area contributed by atoms with E-state index in [1.807, 2.05) is 20.8 Å². The summed E-state index contributed by atoms with van der Waals surface area (Å²) in [5, 5.41) is 0.974. The van der Waals surface area contributed by atoms with Gasteiger partial charge in [-0.05, 0) is 44.7 Å². The zero-order chi connectivity index (χ0) is 14.0. The summed E-state index contributed by atoms with van der Waals surface area (Å²) >= 11 is 1.19. The van der Waals surface area contributed by atoms with Crippen molar-refractivity contribution in [3.63, 3.8) is 0 Å². The number of rotatable bonds is 2. The quantitative estimate of drug-likeness (QED) is 0.909. The molecule has 0 unspecified atom stereocenters. The molecule has 100 valence electrons. The number of nitrogens with zero attached hydrogens (tertiary/aromatic N) is 3. The van der Waals surface area contributed by atoms with Gasteiger partial charge in [-0.2, -0.15) is 0 Å². The number of hydrogen-bond acceptors (Lipinski definition) is 5. The van der Waals surface area contributed by atoms with Crippen molar-refractivity contribution < 1.29 is 0 Å². The molecule has 0 fully saturated rings. The third-order valence-electron chi connectivity index (χ3n) is 2.53.